The maximum atomic E-state index is 12.5. The minimum Gasteiger partial charge on any atom is -0.506 e. The molecule has 0 aliphatic heterocycles. The van der Waals surface area contributed by atoms with Crippen molar-refractivity contribution >= 4 is 45.8 Å². The second kappa shape index (κ2) is 7.28. The molecule has 2 aromatic rings. The highest BCUT2D eigenvalue weighted by Gasteiger charge is 2.29. The van der Waals surface area contributed by atoms with E-state index in [2.05, 4.69) is 4.99 Å². The molecule has 138 valence electrons. The number of ketones is 2. The van der Waals surface area contributed by atoms with Crippen LogP contribution in [-0.2, 0) is 4.74 Å². The first-order valence-electron chi connectivity index (χ1n) is 8.29. The predicted octanol–water partition coefficient (Wildman–Crippen LogP) is 4.30. The zero-order valence-electron chi connectivity index (χ0n) is 15.0. The lowest BCUT2D eigenvalue weighted by Gasteiger charge is -2.02. The third-order valence-electron chi connectivity index (χ3n) is 4.16. The highest BCUT2D eigenvalue weighted by Crippen LogP contribution is 2.37. The number of aliphatic imine (C=N–C) groups is 1. The molecular weight excluding hydrogens is 366 g/mol. The molecule has 0 bridgehead atoms. The Morgan fingerprint density at radius 2 is 1.93 bits per heavy atom. The summed E-state index contributed by atoms with van der Waals surface area (Å²) in [4.78, 5) is 41.3. The van der Waals surface area contributed by atoms with E-state index in [0.29, 0.717) is 21.6 Å². The molecule has 0 amide bonds. The first-order chi connectivity index (χ1) is 12.9. The molecule has 6 nitrogen and oxygen atoms in total. The molecule has 0 fully saturated rings. The highest BCUT2D eigenvalue weighted by atomic mass is 32.1. The first kappa shape index (κ1) is 18.7. The number of carbonyl (C=O) groups is 3. The number of aliphatic hydroxyl groups is 1. The summed E-state index contributed by atoms with van der Waals surface area (Å²) in [5.74, 6) is -1.26. The SMILES string of the molecule is CCOC(=O)c1c(/N=C/C2=C(O)c3ccccc3C2=O)sc(C(C)=O)c1C. The van der Waals surface area contributed by atoms with E-state index < -0.39 is 5.97 Å². The van der Waals surface area contributed by atoms with Gasteiger partial charge >= 0.3 is 5.97 Å². The average molecular weight is 383 g/mol. The van der Waals surface area contributed by atoms with E-state index in [1.165, 1.54) is 13.1 Å². The van der Waals surface area contributed by atoms with Gasteiger partial charge in [-0.3, -0.25) is 9.59 Å². The molecular formula is C20H17NO5S. The molecule has 3 rings (SSSR count). The summed E-state index contributed by atoms with van der Waals surface area (Å²) < 4.78 is 5.06. The van der Waals surface area contributed by atoms with Gasteiger partial charge < -0.3 is 9.84 Å². The van der Waals surface area contributed by atoms with Crippen molar-refractivity contribution in [3.63, 3.8) is 0 Å². The number of rotatable bonds is 5. The van der Waals surface area contributed by atoms with Gasteiger partial charge in [0, 0.05) is 17.3 Å². The van der Waals surface area contributed by atoms with Gasteiger partial charge in [-0.2, -0.15) is 0 Å². The monoisotopic (exact) mass is 383 g/mol. The fraction of sp³-hybridized carbons (Fsp3) is 0.200. The summed E-state index contributed by atoms with van der Waals surface area (Å²) in [7, 11) is 0. The molecule has 0 atom stereocenters. The zero-order valence-corrected chi connectivity index (χ0v) is 15.8. The quantitative estimate of drug-likeness (QED) is 0.472. The van der Waals surface area contributed by atoms with Gasteiger partial charge in [0.25, 0.3) is 0 Å². The van der Waals surface area contributed by atoms with Crippen molar-refractivity contribution in [3.05, 3.63) is 57.0 Å². The van der Waals surface area contributed by atoms with Crippen LogP contribution in [0, 0.1) is 6.92 Å². The second-order valence-electron chi connectivity index (χ2n) is 5.91. The number of carbonyl (C=O) groups excluding carboxylic acids is 3. The van der Waals surface area contributed by atoms with E-state index >= 15 is 0 Å². The summed E-state index contributed by atoms with van der Waals surface area (Å²) in [6.07, 6.45) is 1.23. The van der Waals surface area contributed by atoms with Crippen LogP contribution in [0.4, 0.5) is 5.00 Å². The van der Waals surface area contributed by atoms with Crippen LogP contribution in [0.2, 0.25) is 0 Å². The number of hydrogen-bond acceptors (Lipinski definition) is 7. The van der Waals surface area contributed by atoms with E-state index in [1.54, 1.807) is 38.1 Å². The molecule has 1 aromatic carbocycles. The fourth-order valence-electron chi connectivity index (χ4n) is 2.90. The molecule has 0 radical (unpaired) electrons. The lowest BCUT2D eigenvalue weighted by Crippen LogP contribution is -2.06. The van der Waals surface area contributed by atoms with E-state index in [4.69, 9.17) is 4.74 Å². The Hall–Kier alpha value is -3.06. The van der Waals surface area contributed by atoms with Crippen molar-refractivity contribution in [1.29, 1.82) is 0 Å². The minimum absolute atomic E-state index is 0.0430. The third kappa shape index (κ3) is 3.21. The van der Waals surface area contributed by atoms with Crippen LogP contribution < -0.4 is 0 Å². The van der Waals surface area contributed by atoms with Crippen molar-refractivity contribution < 1.29 is 24.2 Å². The van der Waals surface area contributed by atoms with Gasteiger partial charge in [-0.1, -0.05) is 24.3 Å². The highest BCUT2D eigenvalue weighted by molar-refractivity contribution is 7.18. The molecule has 1 aromatic heterocycles. The minimum atomic E-state index is -0.579. The van der Waals surface area contributed by atoms with Crippen molar-refractivity contribution in [2.75, 3.05) is 6.61 Å². The molecule has 27 heavy (non-hydrogen) atoms. The van der Waals surface area contributed by atoms with E-state index in [1.807, 2.05) is 0 Å². The molecule has 7 heteroatoms. The molecule has 0 saturated heterocycles. The number of ether oxygens (including phenoxy) is 1. The van der Waals surface area contributed by atoms with Crippen molar-refractivity contribution in [2.45, 2.75) is 20.8 Å². The van der Waals surface area contributed by atoms with Crippen molar-refractivity contribution in [1.82, 2.24) is 0 Å². The first-order valence-corrected chi connectivity index (χ1v) is 9.11. The maximum absolute atomic E-state index is 12.5. The summed E-state index contributed by atoms with van der Waals surface area (Å²) in [5, 5.41) is 10.6. The Balaban J connectivity index is 2.05. The van der Waals surface area contributed by atoms with Crippen LogP contribution >= 0.6 is 11.3 Å². The van der Waals surface area contributed by atoms with Gasteiger partial charge in [-0.15, -0.1) is 11.3 Å². The molecule has 1 N–H and O–H groups in total. The Morgan fingerprint density at radius 3 is 2.52 bits per heavy atom. The van der Waals surface area contributed by atoms with Gasteiger partial charge in [-0.05, 0) is 26.3 Å². The van der Waals surface area contributed by atoms with Crippen LogP contribution in [0.3, 0.4) is 0 Å². The predicted molar refractivity (Wildman–Crippen MR) is 103 cm³/mol. The maximum Gasteiger partial charge on any atom is 0.341 e. The number of aliphatic hydroxyl groups excluding tert-OH is 1. The van der Waals surface area contributed by atoms with E-state index in [0.717, 1.165) is 11.3 Å². The van der Waals surface area contributed by atoms with Gasteiger partial charge in [0.2, 0.25) is 0 Å². The fourth-order valence-corrected chi connectivity index (χ4v) is 3.93. The van der Waals surface area contributed by atoms with E-state index in [-0.39, 0.29) is 40.1 Å². The van der Waals surface area contributed by atoms with Crippen LogP contribution in [0.25, 0.3) is 5.76 Å². The molecule has 0 saturated carbocycles. The topological polar surface area (TPSA) is 93.0 Å². The van der Waals surface area contributed by atoms with Gasteiger partial charge in [0.1, 0.15) is 10.8 Å². The lowest BCUT2D eigenvalue weighted by molar-refractivity contribution is 0.0527. The molecule has 1 aliphatic carbocycles. The van der Waals surface area contributed by atoms with Crippen LogP contribution in [-0.4, -0.2) is 35.5 Å². The summed E-state index contributed by atoms with van der Waals surface area (Å²) in [5.41, 5.74) is 1.58. The number of fused-ring (bicyclic) bond motifs is 1. The van der Waals surface area contributed by atoms with E-state index in [9.17, 15) is 19.5 Å². The molecule has 0 unspecified atom stereocenters. The van der Waals surface area contributed by atoms with Crippen LogP contribution in [0.1, 0.15) is 55.4 Å². The summed E-state index contributed by atoms with van der Waals surface area (Å²) in [6.45, 7) is 4.94. The van der Waals surface area contributed by atoms with Crippen LogP contribution in [0.15, 0.2) is 34.8 Å². The normalized spacial score (nSPS) is 13.4. The number of esters is 1. The van der Waals surface area contributed by atoms with Gasteiger partial charge in [0.15, 0.2) is 11.6 Å². The average Bonchev–Trinajstić information content (AvgIpc) is 3.09. The van der Waals surface area contributed by atoms with Gasteiger partial charge in [-0.25, -0.2) is 9.79 Å². The van der Waals surface area contributed by atoms with Crippen molar-refractivity contribution in [2.24, 2.45) is 4.99 Å². The van der Waals surface area contributed by atoms with Crippen LogP contribution in [0.5, 0.6) is 0 Å². The summed E-state index contributed by atoms with van der Waals surface area (Å²) in [6, 6.07) is 6.71. The lowest BCUT2D eigenvalue weighted by atomic mass is 10.1. The smallest absolute Gasteiger partial charge is 0.341 e. The number of hydrogen-bond donors (Lipinski definition) is 1. The Kier molecular flexibility index (Phi) is 5.05. The molecule has 1 aliphatic rings. The largest absolute Gasteiger partial charge is 0.506 e. The Morgan fingerprint density at radius 1 is 1.26 bits per heavy atom. The molecule has 0 spiro atoms. The standard InChI is InChI=1S/C20H17NO5S/c1-4-26-20(25)15-10(2)18(11(3)22)27-19(15)21-9-14-16(23)12-7-5-6-8-13(12)17(14)24/h5-9,23H,4H2,1-3H3/b21-9+. The Bertz CT molecular complexity index is 1030. The zero-order chi connectivity index (χ0) is 19.7. The third-order valence-corrected chi connectivity index (χ3v) is 5.47. The van der Waals surface area contributed by atoms with Gasteiger partial charge in [0.05, 0.1) is 22.6 Å². The number of nitrogens with zero attached hydrogens (tertiary/aromatic N) is 1. The summed E-state index contributed by atoms with van der Waals surface area (Å²) >= 11 is 1.05. The molecule has 1 heterocycles. The number of Topliss-reactive ketones (excluding diaryl/α,β-unsaturated/α-hetero) is 2. The number of allylic oxidation sites excluding steroid dienone is 1. The Labute approximate surface area is 159 Å². The van der Waals surface area contributed by atoms with Crippen molar-refractivity contribution in [3.8, 4) is 0 Å². The second-order valence-corrected chi connectivity index (χ2v) is 6.91. The number of benzene rings is 1. The number of thiophene rings is 1.